The van der Waals surface area contributed by atoms with Gasteiger partial charge in [0.15, 0.2) is 5.65 Å². The van der Waals surface area contributed by atoms with Crippen LogP contribution in [0.25, 0.3) is 11.2 Å². The number of alkyl halides is 1. The number of aromatic nitrogens is 3. The molecule has 0 unspecified atom stereocenters. The smallest absolute Gasteiger partial charge is 0.160 e. The maximum absolute atomic E-state index is 6.04. The van der Waals surface area contributed by atoms with Crippen LogP contribution in [-0.2, 0) is 11.4 Å². The maximum Gasteiger partial charge on any atom is 0.160 e. The van der Waals surface area contributed by atoms with Gasteiger partial charge in [0, 0.05) is 11.7 Å². The van der Waals surface area contributed by atoms with Crippen LogP contribution in [0.4, 0.5) is 0 Å². The molecular weight excluding hydrogens is 269 g/mol. The number of hydrogen-bond donors (Lipinski definition) is 0. The molecule has 0 amide bonds. The summed E-state index contributed by atoms with van der Waals surface area (Å²) in [6, 6.07) is 1.86. The minimum absolute atomic E-state index is 0.0970. The molecule has 0 atom stereocenters. The van der Waals surface area contributed by atoms with Gasteiger partial charge in [-0.1, -0.05) is 24.4 Å². The zero-order chi connectivity index (χ0) is 12.8. The largest absolute Gasteiger partial charge is 0.306 e. The minimum atomic E-state index is 0.0970. The Balaban J connectivity index is 2.25. The fourth-order valence-corrected chi connectivity index (χ4v) is 3.34. The third kappa shape index (κ3) is 1.81. The van der Waals surface area contributed by atoms with E-state index in [2.05, 4.69) is 21.5 Å². The molecule has 2 aromatic heterocycles. The van der Waals surface area contributed by atoms with Gasteiger partial charge in [-0.2, -0.15) is 0 Å². The van der Waals surface area contributed by atoms with E-state index in [0.29, 0.717) is 10.9 Å². The molecule has 2 aromatic rings. The van der Waals surface area contributed by atoms with E-state index in [4.69, 9.17) is 23.2 Å². The normalized spacial score (nSPS) is 18.6. The number of nitrogens with zero attached hydrogens (tertiary/aromatic N) is 3. The van der Waals surface area contributed by atoms with Gasteiger partial charge >= 0.3 is 0 Å². The van der Waals surface area contributed by atoms with Gasteiger partial charge < -0.3 is 4.57 Å². The van der Waals surface area contributed by atoms with E-state index in [0.717, 1.165) is 29.8 Å². The van der Waals surface area contributed by atoms with Gasteiger partial charge in [-0.3, -0.25) is 0 Å². The summed E-state index contributed by atoms with van der Waals surface area (Å²) in [6.45, 7) is 2.27. The Labute approximate surface area is 116 Å². The lowest BCUT2D eigenvalue weighted by atomic mass is 10.00. The van der Waals surface area contributed by atoms with Gasteiger partial charge in [0.25, 0.3) is 0 Å². The predicted molar refractivity (Wildman–Crippen MR) is 74.2 cm³/mol. The van der Waals surface area contributed by atoms with Gasteiger partial charge in [-0.25, -0.2) is 9.97 Å². The van der Waals surface area contributed by atoms with Crippen LogP contribution in [0.3, 0.4) is 0 Å². The summed E-state index contributed by atoms with van der Waals surface area (Å²) < 4.78 is 2.22. The zero-order valence-corrected chi connectivity index (χ0v) is 11.8. The second kappa shape index (κ2) is 4.39. The molecule has 0 saturated heterocycles. The fraction of sp³-hybridized carbons (Fsp3) is 0.538. The second-order valence-electron chi connectivity index (χ2n) is 5.20. The summed E-state index contributed by atoms with van der Waals surface area (Å²) in [5, 5.41) is 0.616. The monoisotopic (exact) mass is 283 g/mol. The maximum atomic E-state index is 6.04. The lowest BCUT2D eigenvalue weighted by Gasteiger charge is -2.27. The number of rotatable bonds is 2. The SMILES string of the molecule is CC1(n2c(CCl)nc3cc(Cl)cnc32)CCCC1. The average molecular weight is 284 g/mol. The first-order valence-electron chi connectivity index (χ1n) is 6.23. The number of imidazole rings is 1. The fourth-order valence-electron chi connectivity index (χ4n) is 3.00. The molecule has 1 fully saturated rings. The summed E-state index contributed by atoms with van der Waals surface area (Å²) >= 11 is 12.0. The molecule has 0 spiro atoms. The first kappa shape index (κ1) is 12.2. The molecule has 0 aromatic carbocycles. The number of halogens is 2. The highest BCUT2D eigenvalue weighted by Crippen LogP contribution is 2.39. The lowest BCUT2D eigenvalue weighted by Crippen LogP contribution is -2.28. The van der Waals surface area contributed by atoms with E-state index >= 15 is 0 Å². The molecule has 5 heteroatoms. The van der Waals surface area contributed by atoms with Gasteiger partial charge in [0.1, 0.15) is 11.3 Å². The van der Waals surface area contributed by atoms with E-state index in [1.807, 2.05) is 6.07 Å². The highest BCUT2D eigenvalue weighted by atomic mass is 35.5. The van der Waals surface area contributed by atoms with E-state index in [1.54, 1.807) is 6.20 Å². The number of hydrogen-bond acceptors (Lipinski definition) is 2. The second-order valence-corrected chi connectivity index (χ2v) is 5.90. The summed E-state index contributed by atoms with van der Waals surface area (Å²) in [7, 11) is 0. The summed E-state index contributed by atoms with van der Waals surface area (Å²) in [6.07, 6.45) is 6.51. The highest BCUT2D eigenvalue weighted by molar-refractivity contribution is 6.31. The third-order valence-electron chi connectivity index (χ3n) is 3.87. The van der Waals surface area contributed by atoms with Crippen molar-refractivity contribution in [2.45, 2.75) is 44.0 Å². The molecule has 0 aliphatic heterocycles. The van der Waals surface area contributed by atoms with Crippen LogP contribution in [0, 0.1) is 0 Å². The third-order valence-corrected chi connectivity index (χ3v) is 4.32. The van der Waals surface area contributed by atoms with Crippen molar-refractivity contribution < 1.29 is 0 Å². The highest BCUT2D eigenvalue weighted by Gasteiger charge is 2.34. The van der Waals surface area contributed by atoms with Crippen molar-refractivity contribution in [2.75, 3.05) is 0 Å². The molecule has 1 aliphatic carbocycles. The predicted octanol–water partition coefficient (Wildman–Crippen LogP) is 4.11. The Bertz CT molecular complexity index is 585. The zero-order valence-electron chi connectivity index (χ0n) is 10.3. The van der Waals surface area contributed by atoms with Crippen LogP contribution in [0.1, 0.15) is 38.4 Å². The first-order valence-corrected chi connectivity index (χ1v) is 7.15. The minimum Gasteiger partial charge on any atom is -0.306 e. The van der Waals surface area contributed by atoms with Crippen molar-refractivity contribution in [3.8, 4) is 0 Å². The van der Waals surface area contributed by atoms with E-state index in [1.165, 1.54) is 12.8 Å². The van der Waals surface area contributed by atoms with Crippen LogP contribution >= 0.6 is 23.2 Å². The first-order chi connectivity index (χ1) is 8.64. The van der Waals surface area contributed by atoms with Crippen LogP contribution in [0.15, 0.2) is 12.3 Å². The Morgan fingerprint density at radius 2 is 2.11 bits per heavy atom. The molecule has 1 aliphatic rings. The Morgan fingerprint density at radius 1 is 1.39 bits per heavy atom. The van der Waals surface area contributed by atoms with Crippen molar-refractivity contribution in [2.24, 2.45) is 0 Å². The number of fused-ring (bicyclic) bond motifs is 1. The van der Waals surface area contributed by atoms with Crippen LogP contribution in [0.2, 0.25) is 5.02 Å². The Hall–Kier alpha value is -0.800. The molecule has 3 nitrogen and oxygen atoms in total. The average Bonchev–Trinajstić information content (AvgIpc) is 2.92. The van der Waals surface area contributed by atoms with Crippen molar-refractivity contribution >= 4 is 34.4 Å². The summed E-state index contributed by atoms with van der Waals surface area (Å²) in [4.78, 5) is 9.01. The van der Waals surface area contributed by atoms with Crippen molar-refractivity contribution in [3.05, 3.63) is 23.1 Å². The quantitative estimate of drug-likeness (QED) is 0.777. The van der Waals surface area contributed by atoms with E-state index in [9.17, 15) is 0 Å². The van der Waals surface area contributed by atoms with Crippen LogP contribution in [-0.4, -0.2) is 14.5 Å². The van der Waals surface area contributed by atoms with Crippen molar-refractivity contribution in [3.63, 3.8) is 0 Å². The molecule has 0 bridgehead atoms. The summed E-state index contributed by atoms with van der Waals surface area (Å²) in [5.41, 5.74) is 1.84. The van der Waals surface area contributed by atoms with E-state index < -0.39 is 0 Å². The molecule has 96 valence electrons. The van der Waals surface area contributed by atoms with Gasteiger partial charge in [-0.05, 0) is 25.8 Å². The Kier molecular flexibility index (Phi) is 2.99. The molecule has 3 rings (SSSR count). The van der Waals surface area contributed by atoms with Gasteiger partial charge in [0.05, 0.1) is 10.9 Å². The standard InChI is InChI=1S/C13H15Cl2N3/c1-13(4-2-3-5-13)18-11(7-14)17-10-6-9(15)8-16-12(10)18/h6,8H,2-5,7H2,1H3. The van der Waals surface area contributed by atoms with Crippen LogP contribution < -0.4 is 0 Å². The molecule has 1 saturated carbocycles. The molecule has 2 heterocycles. The summed E-state index contributed by atoms with van der Waals surface area (Å²) in [5.74, 6) is 1.30. The molecule has 18 heavy (non-hydrogen) atoms. The molecule has 0 N–H and O–H groups in total. The van der Waals surface area contributed by atoms with Gasteiger partial charge in [-0.15, -0.1) is 11.6 Å². The number of pyridine rings is 1. The Morgan fingerprint density at radius 3 is 2.78 bits per heavy atom. The lowest BCUT2D eigenvalue weighted by molar-refractivity contribution is 0.329. The van der Waals surface area contributed by atoms with Crippen molar-refractivity contribution in [1.82, 2.24) is 14.5 Å². The topological polar surface area (TPSA) is 30.7 Å². The van der Waals surface area contributed by atoms with Crippen LogP contribution in [0.5, 0.6) is 0 Å². The molecular formula is C13H15Cl2N3. The van der Waals surface area contributed by atoms with Crippen molar-refractivity contribution in [1.29, 1.82) is 0 Å². The molecule has 0 radical (unpaired) electrons. The van der Waals surface area contributed by atoms with E-state index in [-0.39, 0.29) is 5.54 Å². The van der Waals surface area contributed by atoms with Gasteiger partial charge in [0.2, 0.25) is 0 Å².